The Morgan fingerprint density at radius 2 is 1.32 bits per heavy atom. The number of hydrazine groups is 1. The Morgan fingerprint density at radius 3 is 1.89 bits per heavy atom. The maximum Gasteiger partial charge on any atom is 0.269 e. The summed E-state index contributed by atoms with van der Waals surface area (Å²) in [4.78, 5) is 25.3. The summed E-state index contributed by atoms with van der Waals surface area (Å²) in [5, 5.41) is 0. The summed E-state index contributed by atoms with van der Waals surface area (Å²) in [6.45, 7) is 1.87. The molecule has 1 fully saturated rings. The van der Waals surface area contributed by atoms with E-state index in [4.69, 9.17) is 0 Å². The van der Waals surface area contributed by atoms with Crippen molar-refractivity contribution in [3.05, 3.63) is 107 Å². The van der Waals surface area contributed by atoms with Crippen LogP contribution in [0, 0.1) is 12.8 Å². The highest BCUT2D eigenvalue weighted by atomic mass is 16.2. The maximum atomic E-state index is 12.9. The molecule has 0 spiro atoms. The molecule has 1 aliphatic carbocycles. The van der Waals surface area contributed by atoms with Gasteiger partial charge in [0.15, 0.2) is 0 Å². The van der Waals surface area contributed by atoms with Crippen LogP contribution in [0.5, 0.6) is 0 Å². The molecular formula is C24H22N2O2. The van der Waals surface area contributed by atoms with Crippen LogP contribution in [0.3, 0.4) is 0 Å². The van der Waals surface area contributed by atoms with Crippen molar-refractivity contribution in [1.82, 2.24) is 10.9 Å². The van der Waals surface area contributed by atoms with E-state index in [1.165, 1.54) is 0 Å². The number of nitrogens with one attached hydrogen (secondary N) is 2. The van der Waals surface area contributed by atoms with E-state index in [9.17, 15) is 9.59 Å². The van der Waals surface area contributed by atoms with Gasteiger partial charge in [-0.3, -0.25) is 20.4 Å². The molecule has 1 saturated carbocycles. The summed E-state index contributed by atoms with van der Waals surface area (Å²) >= 11 is 0. The van der Waals surface area contributed by atoms with Gasteiger partial charge in [-0.1, -0.05) is 78.9 Å². The number of amides is 2. The van der Waals surface area contributed by atoms with Crippen LogP contribution in [0.1, 0.15) is 33.5 Å². The molecular weight excluding hydrogens is 348 g/mol. The molecule has 0 heterocycles. The number of hydrogen-bond acceptors (Lipinski definition) is 2. The van der Waals surface area contributed by atoms with Gasteiger partial charge in [0.25, 0.3) is 5.91 Å². The standard InChI is InChI=1S/C24H22N2O2/c1-17-10-8-9-15-20(17)22(27)25-26-23(28)21-16-24(21,18-11-4-2-5-12-18)19-13-6-3-7-14-19/h2-15,21H,16H2,1H3,(H,25,27)(H,26,28)/t21-/m1/s1. The molecule has 3 aromatic carbocycles. The molecule has 0 bridgehead atoms. The van der Waals surface area contributed by atoms with Crippen molar-refractivity contribution in [1.29, 1.82) is 0 Å². The van der Waals surface area contributed by atoms with E-state index in [-0.39, 0.29) is 23.1 Å². The van der Waals surface area contributed by atoms with Crippen LogP contribution in [-0.4, -0.2) is 11.8 Å². The number of carbonyl (C=O) groups is 2. The second-order valence-corrected chi connectivity index (χ2v) is 7.22. The van der Waals surface area contributed by atoms with Crippen molar-refractivity contribution >= 4 is 11.8 Å². The molecule has 0 radical (unpaired) electrons. The lowest BCUT2D eigenvalue weighted by molar-refractivity contribution is -0.123. The average Bonchev–Trinajstić information content (AvgIpc) is 3.51. The number of hydrogen-bond donors (Lipinski definition) is 2. The predicted octanol–water partition coefficient (Wildman–Crippen LogP) is 3.76. The van der Waals surface area contributed by atoms with Crippen LogP contribution >= 0.6 is 0 Å². The lowest BCUT2D eigenvalue weighted by Gasteiger charge is -2.19. The van der Waals surface area contributed by atoms with E-state index in [1.54, 1.807) is 12.1 Å². The topological polar surface area (TPSA) is 58.2 Å². The Labute approximate surface area is 164 Å². The molecule has 2 N–H and O–H groups in total. The molecule has 140 valence electrons. The van der Waals surface area contributed by atoms with Crippen LogP contribution in [0.15, 0.2) is 84.9 Å². The van der Waals surface area contributed by atoms with Crippen molar-refractivity contribution in [3.63, 3.8) is 0 Å². The quantitative estimate of drug-likeness (QED) is 0.687. The normalized spacial score (nSPS) is 16.8. The van der Waals surface area contributed by atoms with Gasteiger partial charge in [-0.05, 0) is 36.1 Å². The third-order valence-electron chi connectivity index (χ3n) is 5.54. The molecule has 4 rings (SSSR count). The van der Waals surface area contributed by atoms with Gasteiger partial charge in [-0.2, -0.15) is 0 Å². The van der Waals surface area contributed by atoms with Crippen LogP contribution < -0.4 is 10.9 Å². The van der Waals surface area contributed by atoms with Gasteiger partial charge < -0.3 is 0 Å². The summed E-state index contributed by atoms with van der Waals surface area (Å²) in [7, 11) is 0. The summed E-state index contributed by atoms with van der Waals surface area (Å²) in [5.41, 5.74) is 8.49. The highest BCUT2D eigenvalue weighted by molar-refractivity contribution is 5.97. The van der Waals surface area contributed by atoms with Gasteiger partial charge in [0, 0.05) is 11.0 Å². The van der Waals surface area contributed by atoms with Crippen LogP contribution in [-0.2, 0) is 10.2 Å². The fraction of sp³-hybridized carbons (Fsp3) is 0.167. The molecule has 28 heavy (non-hydrogen) atoms. The second kappa shape index (κ2) is 7.31. The first-order valence-electron chi connectivity index (χ1n) is 9.40. The highest BCUT2D eigenvalue weighted by Crippen LogP contribution is 2.58. The van der Waals surface area contributed by atoms with Crippen LogP contribution in [0.4, 0.5) is 0 Å². The van der Waals surface area contributed by atoms with Gasteiger partial charge >= 0.3 is 0 Å². The van der Waals surface area contributed by atoms with Gasteiger partial charge in [0.2, 0.25) is 5.91 Å². The molecule has 0 aromatic heterocycles. The maximum absolute atomic E-state index is 12.9. The fourth-order valence-corrected chi connectivity index (χ4v) is 3.96. The van der Waals surface area contributed by atoms with Crippen molar-refractivity contribution in [3.8, 4) is 0 Å². The van der Waals surface area contributed by atoms with Crippen molar-refractivity contribution in [2.75, 3.05) is 0 Å². The van der Waals surface area contributed by atoms with E-state index in [0.29, 0.717) is 12.0 Å². The zero-order valence-corrected chi connectivity index (χ0v) is 15.7. The largest absolute Gasteiger partial charge is 0.273 e. The van der Waals surface area contributed by atoms with Gasteiger partial charge in [-0.25, -0.2) is 0 Å². The number of rotatable bonds is 4. The summed E-state index contributed by atoms with van der Waals surface area (Å²) in [6.07, 6.45) is 0.715. The van der Waals surface area contributed by atoms with Gasteiger partial charge in [0.1, 0.15) is 0 Å². The molecule has 1 aliphatic rings. The summed E-state index contributed by atoms with van der Waals surface area (Å²) in [5.74, 6) is -0.707. The first-order chi connectivity index (χ1) is 13.6. The first-order valence-corrected chi connectivity index (χ1v) is 9.40. The number of carbonyl (C=O) groups excluding carboxylic acids is 2. The van der Waals surface area contributed by atoms with Crippen molar-refractivity contribution in [2.45, 2.75) is 18.8 Å². The minimum absolute atomic E-state index is 0.172. The SMILES string of the molecule is Cc1ccccc1C(=O)NNC(=O)[C@H]1CC1(c1ccccc1)c1ccccc1. The minimum Gasteiger partial charge on any atom is -0.273 e. The van der Waals surface area contributed by atoms with Crippen molar-refractivity contribution < 1.29 is 9.59 Å². The second-order valence-electron chi connectivity index (χ2n) is 7.22. The van der Waals surface area contributed by atoms with E-state index in [2.05, 4.69) is 35.1 Å². The van der Waals surface area contributed by atoms with Gasteiger partial charge in [0.05, 0.1) is 5.92 Å². The molecule has 3 aromatic rings. The molecule has 2 amide bonds. The first kappa shape index (κ1) is 18.0. The van der Waals surface area contributed by atoms with Gasteiger partial charge in [-0.15, -0.1) is 0 Å². The zero-order valence-electron chi connectivity index (χ0n) is 15.7. The van der Waals surface area contributed by atoms with Crippen molar-refractivity contribution in [2.24, 2.45) is 5.92 Å². The number of aryl methyl sites for hydroxylation is 1. The third kappa shape index (κ3) is 3.18. The fourth-order valence-electron chi connectivity index (χ4n) is 3.96. The smallest absolute Gasteiger partial charge is 0.269 e. The lowest BCUT2D eigenvalue weighted by Crippen LogP contribution is -2.43. The lowest BCUT2D eigenvalue weighted by atomic mass is 9.85. The summed E-state index contributed by atoms with van der Waals surface area (Å²) in [6, 6.07) is 27.5. The van der Waals surface area contributed by atoms with Crippen LogP contribution in [0.25, 0.3) is 0 Å². The minimum atomic E-state index is -0.347. The Morgan fingerprint density at radius 1 is 0.786 bits per heavy atom. The Bertz CT molecular complexity index is 960. The predicted molar refractivity (Wildman–Crippen MR) is 109 cm³/mol. The molecule has 4 nitrogen and oxygen atoms in total. The molecule has 4 heteroatoms. The monoisotopic (exact) mass is 370 g/mol. The molecule has 0 saturated heterocycles. The molecule has 0 aliphatic heterocycles. The van der Waals surface area contributed by atoms with Crippen LogP contribution in [0.2, 0.25) is 0 Å². The number of benzene rings is 3. The summed E-state index contributed by atoms with van der Waals surface area (Å²) < 4.78 is 0. The van der Waals surface area contributed by atoms with E-state index in [0.717, 1.165) is 16.7 Å². The zero-order chi connectivity index (χ0) is 19.6. The average molecular weight is 370 g/mol. The molecule has 0 unspecified atom stereocenters. The Hall–Kier alpha value is -3.40. The van der Waals surface area contributed by atoms with E-state index in [1.807, 2.05) is 55.5 Å². The van der Waals surface area contributed by atoms with E-state index >= 15 is 0 Å². The molecule has 1 atom stereocenters. The Balaban J connectivity index is 1.52. The third-order valence-corrected chi connectivity index (χ3v) is 5.54. The highest BCUT2D eigenvalue weighted by Gasteiger charge is 2.60. The van der Waals surface area contributed by atoms with E-state index < -0.39 is 0 Å². The Kier molecular flexibility index (Phi) is 4.70.